The minimum Gasteiger partial charge on any atom is -0.366 e. The molecule has 1 fully saturated rings. The van der Waals surface area contributed by atoms with Crippen LogP contribution in [-0.2, 0) is 0 Å². The van der Waals surface area contributed by atoms with Gasteiger partial charge >= 0.3 is 0 Å². The molecule has 0 aromatic carbocycles. The first-order valence-corrected chi connectivity index (χ1v) is 5.92. The van der Waals surface area contributed by atoms with Gasteiger partial charge in [-0.25, -0.2) is 4.98 Å². The highest BCUT2D eigenvalue weighted by Gasteiger charge is 2.27. The third-order valence-electron chi connectivity index (χ3n) is 2.84. The predicted molar refractivity (Wildman–Crippen MR) is 64.2 cm³/mol. The predicted octanol–water partition coefficient (Wildman–Crippen LogP) is 2.23. The number of carbonyl (C=O) groups excluding carboxylic acids is 1. The van der Waals surface area contributed by atoms with Crippen LogP contribution in [0.5, 0.6) is 0 Å². The summed E-state index contributed by atoms with van der Waals surface area (Å²) in [6.07, 6.45) is 5.87. The van der Waals surface area contributed by atoms with Crippen molar-refractivity contribution in [1.29, 1.82) is 0 Å². The van der Waals surface area contributed by atoms with E-state index in [0.717, 1.165) is 28.3 Å². The third kappa shape index (κ3) is 1.43. The van der Waals surface area contributed by atoms with Crippen molar-refractivity contribution in [2.24, 2.45) is 5.73 Å². The Morgan fingerprint density at radius 1 is 1.56 bits per heavy atom. The van der Waals surface area contributed by atoms with Crippen LogP contribution in [0.3, 0.4) is 0 Å². The number of aromatic nitrogens is 2. The molecule has 0 aliphatic heterocycles. The van der Waals surface area contributed by atoms with Gasteiger partial charge in [0.1, 0.15) is 5.65 Å². The third-order valence-corrected chi connectivity index (χ3v) is 3.28. The van der Waals surface area contributed by atoms with Gasteiger partial charge < -0.3 is 10.3 Å². The number of halogens is 1. The fraction of sp³-hybridized carbons (Fsp3) is 0.273. The second-order valence-electron chi connectivity index (χ2n) is 4.07. The lowest BCUT2D eigenvalue weighted by Crippen LogP contribution is -2.10. The van der Waals surface area contributed by atoms with E-state index < -0.39 is 5.91 Å². The fourth-order valence-electron chi connectivity index (χ4n) is 1.93. The molecule has 82 valence electrons. The molecule has 0 spiro atoms. The molecular formula is C11H10BrN3O. The average molecular weight is 280 g/mol. The molecule has 2 N–H and O–H groups in total. The molecule has 3 rings (SSSR count). The Kier molecular flexibility index (Phi) is 2.04. The van der Waals surface area contributed by atoms with Crippen molar-refractivity contribution in [2.45, 2.75) is 18.9 Å². The first kappa shape index (κ1) is 9.84. The second kappa shape index (κ2) is 3.31. The quantitative estimate of drug-likeness (QED) is 0.917. The lowest BCUT2D eigenvalue weighted by Gasteiger charge is -2.00. The van der Waals surface area contributed by atoms with Gasteiger partial charge in [0.05, 0.1) is 5.56 Å². The van der Waals surface area contributed by atoms with E-state index in [9.17, 15) is 4.79 Å². The van der Waals surface area contributed by atoms with Gasteiger partial charge in [-0.1, -0.05) is 0 Å². The van der Waals surface area contributed by atoms with E-state index in [4.69, 9.17) is 5.73 Å². The average Bonchev–Trinajstić information content (AvgIpc) is 2.99. The molecule has 2 heterocycles. The van der Waals surface area contributed by atoms with E-state index in [0.29, 0.717) is 11.6 Å². The second-order valence-corrected chi connectivity index (χ2v) is 4.99. The summed E-state index contributed by atoms with van der Waals surface area (Å²) in [5.74, 6) is -0.399. The molecular weight excluding hydrogens is 270 g/mol. The van der Waals surface area contributed by atoms with Gasteiger partial charge in [-0.3, -0.25) is 4.79 Å². The lowest BCUT2D eigenvalue weighted by atomic mass is 10.2. The Labute approximate surface area is 101 Å². The Balaban J connectivity index is 2.32. The van der Waals surface area contributed by atoms with Crippen LogP contribution in [0.25, 0.3) is 11.0 Å². The maximum absolute atomic E-state index is 11.3. The molecule has 0 radical (unpaired) electrons. The van der Waals surface area contributed by atoms with Crippen LogP contribution in [0.15, 0.2) is 22.9 Å². The van der Waals surface area contributed by atoms with E-state index in [2.05, 4.69) is 25.5 Å². The molecule has 0 saturated heterocycles. The number of fused-ring (bicyclic) bond motifs is 1. The first-order valence-electron chi connectivity index (χ1n) is 5.12. The SMILES string of the molecule is NC(=O)c1cn(C2CC2)c2ncc(Br)cc12. The van der Waals surface area contributed by atoms with Crippen molar-refractivity contribution in [1.82, 2.24) is 9.55 Å². The van der Waals surface area contributed by atoms with Crippen molar-refractivity contribution >= 4 is 32.9 Å². The lowest BCUT2D eigenvalue weighted by molar-refractivity contribution is 0.100. The van der Waals surface area contributed by atoms with Gasteiger partial charge in [0.2, 0.25) is 0 Å². The summed E-state index contributed by atoms with van der Waals surface area (Å²) in [6.45, 7) is 0. The largest absolute Gasteiger partial charge is 0.366 e. The number of hydrogen-bond acceptors (Lipinski definition) is 2. The number of carbonyl (C=O) groups is 1. The van der Waals surface area contributed by atoms with E-state index >= 15 is 0 Å². The Bertz CT molecular complexity index is 586. The number of pyridine rings is 1. The van der Waals surface area contributed by atoms with Crippen molar-refractivity contribution in [3.8, 4) is 0 Å². The monoisotopic (exact) mass is 279 g/mol. The van der Waals surface area contributed by atoms with E-state index in [1.165, 1.54) is 0 Å². The number of hydrogen-bond donors (Lipinski definition) is 1. The molecule has 1 amide bonds. The van der Waals surface area contributed by atoms with Crippen LogP contribution < -0.4 is 5.73 Å². The summed E-state index contributed by atoms with van der Waals surface area (Å²) in [6, 6.07) is 2.38. The molecule has 4 nitrogen and oxygen atoms in total. The molecule has 0 atom stereocenters. The number of rotatable bonds is 2. The van der Waals surface area contributed by atoms with E-state index in [-0.39, 0.29) is 0 Å². The molecule has 2 aromatic heterocycles. The van der Waals surface area contributed by atoms with Crippen LogP contribution >= 0.6 is 15.9 Å². The normalized spacial score (nSPS) is 15.6. The van der Waals surface area contributed by atoms with Gasteiger partial charge in [-0.15, -0.1) is 0 Å². The molecule has 1 aliphatic carbocycles. The minimum absolute atomic E-state index is 0.399. The highest BCUT2D eigenvalue weighted by atomic mass is 79.9. The maximum Gasteiger partial charge on any atom is 0.250 e. The van der Waals surface area contributed by atoms with E-state index in [1.807, 2.05) is 12.3 Å². The zero-order chi connectivity index (χ0) is 11.3. The highest BCUT2D eigenvalue weighted by Crippen LogP contribution is 2.38. The van der Waals surface area contributed by atoms with Crippen molar-refractivity contribution in [2.75, 3.05) is 0 Å². The summed E-state index contributed by atoms with van der Waals surface area (Å²) < 4.78 is 2.91. The smallest absolute Gasteiger partial charge is 0.250 e. The van der Waals surface area contributed by atoms with Gasteiger partial charge in [0.15, 0.2) is 0 Å². The summed E-state index contributed by atoms with van der Waals surface area (Å²) in [4.78, 5) is 15.7. The van der Waals surface area contributed by atoms with Crippen LogP contribution in [0, 0.1) is 0 Å². The molecule has 5 heteroatoms. The summed E-state index contributed by atoms with van der Waals surface area (Å²) >= 11 is 3.35. The summed E-state index contributed by atoms with van der Waals surface area (Å²) in [7, 11) is 0. The van der Waals surface area contributed by atoms with Crippen LogP contribution in [-0.4, -0.2) is 15.5 Å². The van der Waals surface area contributed by atoms with Gasteiger partial charge in [0.25, 0.3) is 5.91 Å². The zero-order valence-electron chi connectivity index (χ0n) is 8.48. The van der Waals surface area contributed by atoms with Crippen molar-refractivity contribution < 1.29 is 4.79 Å². The molecule has 1 saturated carbocycles. The number of nitrogens with two attached hydrogens (primary N) is 1. The molecule has 0 unspecified atom stereocenters. The Morgan fingerprint density at radius 3 is 2.94 bits per heavy atom. The molecule has 0 bridgehead atoms. The Hall–Kier alpha value is -1.36. The van der Waals surface area contributed by atoms with Crippen LogP contribution in [0.1, 0.15) is 29.2 Å². The first-order chi connectivity index (χ1) is 7.66. The van der Waals surface area contributed by atoms with Crippen LogP contribution in [0.2, 0.25) is 0 Å². The van der Waals surface area contributed by atoms with Crippen molar-refractivity contribution in [3.05, 3.63) is 28.5 Å². The number of nitrogens with zero attached hydrogens (tertiary/aromatic N) is 2. The highest BCUT2D eigenvalue weighted by molar-refractivity contribution is 9.10. The molecule has 2 aromatic rings. The van der Waals surface area contributed by atoms with Crippen molar-refractivity contribution in [3.63, 3.8) is 0 Å². The molecule has 1 aliphatic rings. The van der Waals surface area contributed by atoms with Gasteiger partial charge in [0, 0.05) is 28.3 Å². The fourth-order valence-corrected chi connectivity index (χ4v) is 2.26. The zero-order valence-corrected chi connectivity index (χ0v) is 10.1. The maximum atomic E-state index is 11.3. The Morgan fingerprint density at radius 2 is 2.31 bits per heavy atom. The van der Waals surface area contributed by atoms with E-state index in [1.54, 1.807) is 6.20 Å². The van der Waals surface area contributed by atoms with Crippen LogP contribution in [0.4, 0.5) is 0 Å². The summed E-state index contributed by atoms with van der Waals surface area (Å²) in [5, 5.41) is 0.828. The van der Waals surface area contributed by atoms with Gasteiger partial charge in [-0.2, -0.15) is 0 Å². The number of primary amides is 1. The topological polar surface area (TPSA) is 60.9 Å². The standard InChI is InChI=1S/C11H10BrN3O/c12-6-3-8-9(10(13)16)5-15(7-1-2-7)11(8)14-4-6/h3-5,7H,1-2H2,(H2,13,16). The number of amides is 1. The summed E-state index contributed by atoms with van der Waals surface area (Å²) in [5.41, 5.74) is 6.77. The minimum atomic E-state index is -0.399. The molecule has 16 heavy (non-hydrogen) atoms. The van der Waals surface area contributed by atoms with Gasteiger partial charge in [-0.05, 0) is 34.8 Å².